The molecule has 0 saturated carbocycles. The van der Waals surface area contributed by atoms with E-state index >= 15 is 0 Å². The maximum absolute atomic E-state index is 12.6. The second-order valence-electron chi connectivity index (χ2n) is 2.31. The van der Waals surface area contributed by atoms with E-state index in [-0.39, 0.29) is 12.1 Å². The number of nitriles is 1. The number of pyridine rings is 1. The molecule has 0 N–H and O–H groups in total. The molecule has 1 aromatic rings. The van der Waals surface area contributed by atoms with Gasteiger partial charge in [0, 0.05) is 0 Å². The van der Waals surface area contributed by atoms with Gasteiger partial charge in [0.25, 0.3) is 6.43 Å². The molecule has 0 atom stereocenters. The van der Waals surface area contributed by atoms with E-state index < -0.39 is 17.9 Å². The highest BCUT2D eigenvalue weighted by Gasteiger charge is 2.15. The van der Waals surface area contributed by atoms with Gasteiger partial charge in [0.2, 0.25) is 0 Å². The Balaban J connectivity index is 3.05. The van der Waals surface area contributed by atoms with Crippen LogP contribution in [0.2, 0.25) is 0 Å². The molecule has 0 radical (unpaired) electrons. The van der Waals surface area contributed by atoms with Crippen molar-refractivity contribution in [2.75, 3.05) is 0 Å². The lowest BCUT2D eigenvalue weighted by Crippen LogP contribution is -1.99. The van der Waals surface area contributed by atoms with Crippen LogP contribution in [-0.4, -0.2) is 4.98 Å². The van der Waals surface area contributed by atoms with E-state index in [4.69, 9.17) is 5.26 Å². The second kappa shape index (κ2) is 3.90. The molecule has 0 aliphatic heterocycles. The largest absolute Gasteiger partial charge is 0.283 e. The van der Waals surface area contributed by atoms with Gasteiger partial charge < -0.3 is 0 Å². The van der Waals surface area contributed by atoms with Crippen LogP contribution in [0.1, 0.15) is 17.8 Å². The molecule has 0 saturated heterocycles. The zero-order chi connectivity index (χ0) is 9.84. The fraction of sp³-hybridized carbons (Fsp3) is 0.250. The maximum atomic E-state index is 12.6. The van der Waals surface area contributed by atoms with Gasteiger partial charge in [-0.15, -0.1) is 0 Å². The average Bonchev–Trinajstić information content (AvgIpc) is 2.08. The topological polar surface area (TPSA) is 36.7 Å². The van der Waals surface area contributed by atoms with E-state index in [9.17, 15) is 13.2 Å². The minimum Gasteiger partial charge on any atom is -0.248 e. The first-order valence-electron chi connectivity index (χ1n) is 3.45. The Labute approximate surface area is 72.6 Å². The highest BCUT2D eigenvalue weighted by molar-refractivity contribution is 5.16. The SMILES string of the molecule is N#CCc1ccc(F)c(C(F)F)n1. The van der Waals surface area contributed by atoms with Gasteiger partial charge in [-0.3, -0.25) is 0 Å². The summed E-state index contributed by atoms with van der Waals surface area (Å²) in [5.41, 5.74) is -0.744. The van der Waals surface area contributed by atoms with Crippen molar-refractivity contribution >= 4 is 0 Å². The van der Waals surface area contributed by atoms with Crippen molar-refractivity contribution in [1.29, 1.82) is 5.26 Å². The van der Waals surface area contributed by atoms with Gasteiger partial charge in [0.05, 0.1) is 18.2 Å². The molecule has 0 fully saturated rings. The van der Waals surface area contributed by atoms with E-state index in [0.29, 0.717) is 0 Å². The van der Waals surface area contributed by atoms with Gasteiger partial charge in [-0.05, 0) is 12.1 Å². The third-order valence-corrected chi connectivity index (χ3v) is 1.40. The third kappa shape index (κ3) is 2.18. The van der Waals surface area contributed by atoms with Gasteiger partial charge >= 0.3 is 0 Å². The summed E-state index contributed by atoms with van der Waals surface area (Å²) in [6.45, 7) is 0. The van der Waals surface area contributed by atoms with E-state index in [2.05, 4.69) is 4.98 Å². The van der Waals surface area contributed by atoms with Crippen LogP contribution < -0.4 is 0 Å². The van der Waals surface area contributed by atoms with E-state index in [1.807, 2.05) is 0 Å². The van der Waals surface area contributed by atoms with Crippen LogP contribution in [0.15, 0.2) is 12.1 Å². The van der Waals surface area contributed by atoms with Crippen molar-refractivity contribution in [3.05, 3.63) is 29.3 Å². The monoisotopic (exact) mass is 186 g/mol. The first kappa shape index (κ1) is 9.52. The number of halogens is 3. The molecular weight excluding hydrogens is 181 g/mol. The summed E-state index contributed by atoms with van der Waals surface area (Å²) in [4.78, 5) is 3.31. The number of alkyl halides is 2. The van der Waals surface area contributed by atoms with Gasteiger partial charge in [0.15, 0.2) is 5.82 Å². The van der Waals surface area contributed by atoms with Crippen molar-refractivity contribution in [2.45, 2.75) is 12.8 Å². The van der Waals surface area contributed by atoms with Crippen LogP contribution >= 0.6 is 0 Å². The summed E-state index contributed by atoms with van der Waals surface area (Å²) in [5, 5.41) is 8.25. The molecule has 1 rings (SSSR count). The molecule has 0 amide bonds. The molecule has 0 unspecified atom stereocenters. The smallest absolute Gasteiger partial charge is 0.248 e. The number of aromatic nitrogens is 1. The minimum atomic E-state index is -2.95. The molecule has 0 aliphatic carbocycles. The molecule has 0 aromatic carbocycles. The maximum Gasteiger partial charge on any atom is 0.283 e. The molecule has 0 aliphatic rings. The van der Waals surface area contributed by atoms with Gasteiger partial charge in [-0.25, -0.2) is 18.2 Å². The summed E-state index contributed by atoms with van der Waals surface area (Å²) >= 11 is 0. The Morgan fingerprint density at radius 2 is 2.15 bits per heavy atom. The van der Waals surface area contributed by atoms with Gasteiger partial charge in [-0.2, -0.15) is 5.26 Å². The number of hydrogen-bond donors (Lipinski definition) is 0. The van der Waals surface area contributed by atoms with Crippen molar-refractivity contribution in [3.8, 4) is 6.07 Å². The summed E-state index contributed by atoms with van der Waals surface area (Å²) in [7, 11) is 0. The second-order valence-corrected chi connectivity index (χ2v) is 2.31. The quantitative estimate of drug-likeness (QED) is 0.710. The fourth-order valence-corrected chi connectivity index (χ4v) is 0.833. The molecule has 68 valence electrons. The normalized spacial score (nSPS) is 10.1. The lowest BCUT2D eigenvalue weighted by molar-refractivity contribution is 0.140. The zero-order valence-corrected chi connectivity index (χ0v) is 6.47. The third-order valence-electron chi connectivity index (χ3n) is 1.40. The van der Waals surface area contributed by atoms with Crippen LogP contribution in [0.25, 0.3) is 0 Å². The van der Waals surface area contributed by atoms with Crippen molar-refractivity contribution in [2.24, 2.45) is 0 Å². The molecule has 5 heteroatoms. The molecule has 1 heterocycles. The summed E-state index contributed by atoms with van der Waals surface area (Å²) in [6, 6.07) is 3.84. The Bertz CT molecular complexity index is 344. The minimum absolute atomic E-state index is 0.0972. The van der Waals surface area contributed by atoms with Crippen LogP contribution in [0.4, 0.5) is 13.2 Å². The molecule has 0 bridgehead atoms. The molecule has 1 aromatic heterocycles. The first-order chi connectivity index (χ1) is 6.15. The standard InChI is InChI=1S/C8H5F3N2/c9-6-2-1-5(3-4-12)13-7(6)8(10)11/h1-2,8H,3H2. The number of rotatable bonds is 2. The highest BCUT2D eigenvalue weighted by Crippen LogP contribution is 2.19. The molecule has 0 spiro atoms. The average molecular weight is 186 g/mol. The number of hydrogen-bond acceptors (Lipinski definition) is 2. The van der Waals surface area contributed by atoms with Crippen molar-refractivity contribution in [3.63, 3.8) is 0 Å². The van der Waals surface area contributed by atoms with Crippen LogP contribution in [0, 0.1) is 17.1 Å². The summed E-state index contributed by atoms with van der Waals surface area (Å²) < 4.78 is 36.8. The summed E-state index contributed by atoms with van der Waals surface area (Å²) in [5.74, 6) is -1.04. The molecule has 13 heavy (non-hydrogen) atoms. The predicted molar refractivity (Wildman–Crippen MR) is 38.5 cm³/mol. The highest BCUT2D eigenvalue weighted by atomic mass is 19.3. The first-order valence-corrected chi connectivity index (χ1v) is 3.45. The van der Waals surface area contributed by atoms with Crippen molar-refractivity contribution < 1.29 is 13.2 Å². The van der Waals surface area contributed by atoms with Crippen molar-refractivity contribution in [1.82, 2.24) is 4.98 Å². The Kier molecular flexibility index (Phi) is 2.85. The Morgan fingerprint density at radius 3 is 2.69 bits per heavy atom. The zero-order valence-electron chi connectivity index (χ0n) is 6.47. The van der Waals surface area contributed by atoms with E-state index in [1.165, 1.54) is 6.07 Å². The molecule has 2 nitrogen and oxygen atoms in total. The number of nitrogens with zero attached hydrogens (tertiary/aromatic N) is 2. The predicted octanol–water partition coefficient (Wildman–Crippen LogP) is 2.22. The Morgan fingerprint density at radius 1 is 1.46 bits per heavy atom. The van der Waals surface area contributed by atoms with Gasteiger partial charge in [0.1, 0.15) is 5.69 Å². The van der Waals surface area contributed by atoms with Crippen LogP contribution in [-0.2, 0) is 6.42 Å². The van der Waals surface area contributed by atoms with Crippen LogP contribution in [0.5, 0.6) is 0 Å². The summed E-state index contributed by atoms with van der Waals surface area (Å²) in [6.07, 6.45) is -3.04. The van der Waals surface area contributed by atoms with Crippen LogP contribution in [0.3, 0.4) is 0 Å². The van der Waals surface area contributed by atoms with Gasteiger partial charge in [-0.1, -0.05) is 0 Å². The van der Waals surface area contributed by atoms with E-state index in [1.54, 1.807) is 6.07 Å². The Hall–Kier alpha value is -1.57. The van der Waals surface area contributed by atoms with E-state index in [0.717, 1.165) is 6.07 Å². The lowest BCUT2D eigenvalue weighted by Gasteiger charge is -2.01. The lowest BCUT2D eigenvalue weighted by atomic mass is 10.2. The fourth-order valence-electron chi connectivity index (χ4n) is 0.833. The molecular formula is C8H5F3N2.